The van der Waals surface area contributed by atoms with E-state index in [0.29, 0.717) is 24.7 Å². The molecule has 1 saturated heterocycles. The van der Waals surface area contributed by atoms with E-state index in [9.17, 15) is 15.2 Å². The number of carbonyl (C=O) groups excluding carboxylic acids is 1. The lowest BCUT2D eigenvalue weighted by Gasteiger charge is -2.30. The van der Waals surface area contributed by atoms with Crippen molar-refractivity contribution >= 4 is 11.6 Å². The van der Waals surface area contributed by atoms with E-state index in [-0.39, 0.29) is 17.2 Å². The van der Waals surface area contributed by atoms with Crippen LogP contribution in [0.3, 0.4) is 0 Å². The van der Waals surface area contributed by atoms with Crippen molar-refractivity contribution in [1.29, 1.82) is 5.26 Å². The van der Waals surface area contributed by atoms with Crippen LogP contribution in [-0.4, -0.2) is 29.0 Å². The van der Waals surface area contributed by atoms with E-state index >= 15 is 0 Å². The number of anilines is 1. The second kappa shape index (κ2) is 6.99. The molecule has 0 bridgehead atoms. The molecule has 5 heteroatoms. The fourth-order valence-electron chi connectivity index (χ4n) is 2.44. The Balaban J connectivity index is 2.07. The second-order valence-electron chi connectivity index (χ2n) is 5.81. The fraction of sp³-hybridized carbons (Fsp3) is 0.412. The van der Waals surface area contributed by atoms with E-state index < -0.39 is 0 Å². The van der Waals surface area contributed by atoms with Crippen LogP contribution < -0.4 is 5.32 Å². The first kappa shape index (κ1) is 15.9. The van der Waals surface area contributed by atoms with E-state index in [1.807, 2.05) is 19.1 Å². The Bertz CT molecular complexity index is 623. The zero-order valence-corrected chi connectivity index (χ0v) is 13.0. The van der Waals surface area contributed by atoms with E-state index in [2.05, 4.69) is 12.2 Å². The lowest BCUT2D eigenvalue weighted by Crippen LogP contribution is -2.38. The van der Waals surface area contributed by atoms with Crippen LogP contribution in [0.2, 0.25) is 0 Å². The minimum atomic E-state index is -0.256. The van der Waals surface area contributed by atoms with Crippen LogP contribution in [0.25, 0.3) is 0 Å². The summed E-state index contributed by atoms with van der Waals surface area (Å²) in [6, 6.07) is 7.11. The molecular weight excluding hydrogens is 278 g/mol. The highest BCUT2D eigenvalue weighted by molar-refractivity contribution is 5.97. The molecule has 0 spiro atoms. The van der Waals surface area contributed by atoms with Crippen molar-refractivity contribution in [3.05, 3.63) is 35.5 Å². The summed E-state index contributed by atoms with van der Waals surface area (Å²) in [5, 5.41) is 21.9. The van der Waals surface area contributed by atoms with Gasteiger partial charge in [-0.1, -0.05) is 13.0 Å². The normalized spacial score (nSPS) is 16.2. The number of carbonyl (C=O) groups is 1. The number of phenolic OH excluding ortho intramolecular Hbond substituents is 1. The van der Waals surface area contributed by atoms with Crippen molar-refractivity contribution < 1.29 is 9.90 Å². The van der Waals surface area contributed by atoms with Gasteiger partial charge in [-0.05, 0) is 43.4 Å². The second-order valence-corrected chi connectivity index (χ2v) is 5.81. The number of aromatic hydroxyl groups is 1. The molecule has 0 saturated carbocycles. The SMILES string of the molecule is Cc1ccc(N/C=C(/C#N)C(=O)N2CCC(C)CC2)c(O)c1. The average molecular weight is 299 g/mol. The van der Waals surface area contributed by atoms with Crippen molar-refractivity contribution in [3.63, 3.8) is 0 Å². The molecule has 1 fully saturated rings. The van der Waals surface area contributed by atoms with E-state index in [0.717, 1.165) is 18.4 Å². The maximum absolute atomic E-state index is 12.3. The van der Waals surface area contributed by atoms with Crippen LogP contribution in [0.15, 0.2) is 30.0 Å². The van der Waals surface area contributed by atoms with Gasteiger partial charge in [0, 0.05) is 19.3 Å². The quantitative estimate of drug-likeness (QED) is 0.511. The van der Waals surface area contributed by atoms with Crippen molar-refractivity contribution in [3.8, 4) is 11.8 Å². The summed E-state index contributed by atoms with van der Waals surface area (Å²) >= 11 is 0. The summed E-state index contributed by atoms with van der Waals surface area (Å²) in [4.78, 5) is 14.0. The lowest BCUT2D eigenvalue weighted by molar-refractivity contribution is -0.128. The average Bonchev–Trinajstić information content (AvgIpc) is 2.50. The molecule has 1 aromatic carbocycles. The molecule has 0 radical (unpaired) electrons. The molecule has 2 rings (SSSR count). The minimum absolute atomic E-state index is 0.0505. The van der Waals surface area contributed by atoms with Gasteiger partial charge in [0.25, 0.3) is 5.91 Å². The summed E-state index contributed by atoms with van der Waals surface area (Å²) in [5.41, 5.74) is 1.46. The standard InChI is InChI=1S/C17H21N3O2/c1-12-5-7-20(8-6-12)17(22)14(10-18)11-19-15-4-3-13(2)9-16(15)21/h3-4,9,11-12,19,21H,5-8H2,1-2H3/b14-11-. The molecule has 5 nitrogen and oxygen atoms in total. The van der Waals surface area contributed by atoms with Gasteiger partial charge in [0.1, 0.15) is 17.4 Å². The summed E-state index contributed by atoms with van der Waals surface area (Å²) in [7, 11) is 0. The van der Waals surface area contributed by atoms with Crippen LogP contribution in [0, 0.1) is 24.2 Å². The van der Waals surface area contributed by atoms with E-state index in [4.69, 9.17) is 0 Å². The Kier molecular flexibility index (Phi) is 5.05. The highest BCUT2D eigenvalue weighted by Gasteiger charge is 2.23. The molecule has 1 aliphatic heterocycles. The topological polar surface area (TPSA) is 76.4 Å². The van der Waals surface area contributed by atoms with Gasteiger partial charge in [0.05, 0.1) is 5.69 Å². The van der Waals surface area contributed by atoms with Gasteiger partial charge in [-0.2, -0.15) is 5.26 Å². The molecule has 0 aromatic heterocycles. The van der Waals surface area contributed by atoms with Gasteiger partial charge in [-0.3, -0.25) is 4.79 Å². The van der Waals surface area contributed by atoms with Gasteiger partial charge in [0.2, 0.25) is 0 Å². The van der Waals surface area contributed by atoms with Crippen molar-refractivity contribution in [2.45, 2.75) is 26.7 Å². The third-order valence-corrected chi connectivity index (χ3v) is 3.95. The van der Waals surface area contributed by atoms with E-state index in [1.165, 1.54) is 6.20 Å². The van der Waals surface area contributed by atoms with Gasteiger partial charge in [-0.25, -0.2) is 0 Å². The molecule has 22 heavy (non-hydrogen) atoms. The number of rotatable bonds is 3. The maximum atomic E-state index is 12.3. The molecular formula is C17H21N3O2. The summed E-state index contributed by atoms with van der Waals surface area (Å²) in [5.74, 6) is 0.461. The Hall–Kier alpha value is -2.48. The van der Waals surface area contributed by atoms with Crippen LogP contribution >= 0.6 is 0 Å². The number of nitrogens with one attached hydrogen (secondary N) is 1. The Morgan fingerprint density at radius 3 is 2.73 bits per heavy atom. The van der Waals surface area contributed by atoms with Gasteiger partial charge >= 0.3 is 0 Å². The number of likely N-dealkylation sites (tertiary alicyclic amines) is 1. The molecule has 116 valence electrons. The third kappa shape index (κ3) is 3.79. The molecule has 1 aliphatic rings. The Morgan fingerprint density at radius 1 is 1.45 bits per heavy atom. The molecule has 2 N–H and O–H groups in total. The molecule has 0 atom stereocenters. The Labute approximate surface area is 130 Å². The first-order valence-electron chi connectivity index (χ1n) is 7.47. The first-order valence-corrected chi connectivity index (χ1v) is 7.47. The number of nitriles is 1. The molecule has 1 heterocycles. The molecule has 1 amide bonds. The first-order chi connectivity index (χ1) is 10.5. The number of piperidine rings is 1. The number of benzene rings is 1. The lowest BCUT2D eigenvalue weighted by atomic mass is 9.99. The van der Waals surface area contributed by atoms with Crippen LogP contribution in [0.5, 0.6) is 5.75 Å². The van der Waals surface area contributed by atoms with Gasteiger partial charge in [-0.15, -0.1) is 0 Å². The summed E-state index contributed by atoms with van der Waals surface area (Å²) < 4.78 is 0. The zero-order chi connectivity index (χ0) is 16.1. The Morgan fingerprint density at radius 2 is 2.14 bits per heavy atom. The molecule has 1 aromatic rings. The fourth-order valence-corrected chi connectivity index (χ4v) is 2.44. The number of amides is 1. The number of phenols is 1. The predicted octanol–water partition coefficient (Wildman–Crippen LogP) is 2.78. The minimum Gasteiger partial charge on any atom is -0.506 e. The third-order valence-electron chi connectivity index (χ3n) is 3.95. The summed E-state index contributed by atoms with van der Waals surface area (Å²) in [6.45, 7) is 5.43. The van der Waals surface area contributed by atoms with Crippen LogP contribution in [0.4, 0.5) is 5.69 Å². The highest BCUT2D eigenvalue weighted by atomic mass is 16.3. The predicted molar refractivity (Wildman–Crippen MR) is 85.1 cm³/mol. The number of hydrogen-bond donors (Lipinski definition) is 2. The molecule has 0 unspecified atom stereocenters. The number of nitrogens with zero attached hydrogens (tertiary/aromatic N) is 2. The monoisotopic (exact) mass is 299 g/mol. The van der Waals surface area contributed by atoms with Gasteiger partial charge in [0.15, 0.2) is 0 Å². The van der Waals surface area contributed by atoms with Crippen molar-refractivity contribution in [2.24, 2.45) is 5.92 Å². The zero-order valence-electron chi connectivity index (χ0n) is 13.0. The largest absolute Gasteiger partial charge is 0.506 e. The highest BCUT2D eigenvalue weighted by Crippen LogP contribution is 2.24. The van der Waals surface area contributed by atoms with E-state index in [1.54, 1.807) is 17.0 Å². The maximum Gasteiger partial charge on any atom is 0.266 e. The van der Waals surface area contributed by atoms with Crippen molar-refractivity contribution in [2.75, 3.05) is 18.4 Å². The van der Waals surface area contributed by atoms with Crippen LogP contribution in [0.1, 0.15) is 25.3 Å². The van der Waals surface area contributed by atoms with Crippen molar-refractivity contribution in [1.82, 2.24) is 4.90 Å². The van der Waals surface area contributed by atoms with Crippen LogP contribution in [-0.2, 0) is 4.79 Å². The summed E-state index contributed by atoms with van der Waals surface area (Å²) in [6.07, 6.45) is 3.30. The number of hydrogen-bond acceptors (Lipinski definition) is 4. The smallest absolute Gasteiger partial charge is 0.266 e. The number of aryl methyl sites for hydroxylation is 1. The van der Waals surface area contributed by atoms with Gasteiger partial charge < -0.3 is 15.3 Å². The molecule has 0 aliphatic carbocycles.